The minimum absolute atomic E-state index is 0.208. The number of hydrogen-bond acceptors (Lipinski definition) is 5. The average molecular weight is 581 g/mol. The fourth-order valence-electron chi connectivity index (χ4n) is 4.34. The minimum Gasteiger partial charge on any atom is -0.475 e. The average Bonchev–Trinajstić information content (AvgIpc) is 3.15. The molecule has 2 N–H and O–H groups in total. The maximum atomic E-state index is 13.2. The second-order valence-corrected chi connectivity index (χ2v) is 9.16. The van der Waals surface area contributed by atoms with Crippen LogP contribution in [0.1, 0.15) is 30.4 Å². The summed E-state index contributed by atoms with van der Waals surface area (Å²) in [5.41, 5.74) is 1.93. The summed E-state index contributed by atoms with van der Waals surface area (Å²) in [6, 6.07) is 10.6. The Morgan fingerprint density at radius 1 is 0.875 bits per heavy atom. The predicted molar refractivity (Wildman–Crippen MR) is 125 cm³/mol. The third kappa shape index (κ3) is 9.77. The Morgan fingerprint density at radius 3 is 1.95 bits per heavy atom. The van der Waals surface area contributed by atoms with Gasteiger partial charge in [0.05, 0.1) is 5.41 Å². The molecule has 15 heteroatoms. The first-order valence-corrected chi connectivity index (χ1v) is 11.8. The van der Waals surface area contributed by atoms with Crippen molar-refractivity contribution in [2.75, 3.05) is 19.6 Å². The van der Waals surface area contributed by atoms with Crippen molar-refractivity contribution in [2.45, 2.75) is 44.7 Å². The van der Waals surface area contributed by atoms with Gasteiger partial charge in [0.2, 0.25) is 5.91 Å². The number of aromatic nitrogens is 1. The zero-order valence-corrected chi connectivity index (χ0v) is 20.9. The van der Waals surface area contributed by atoms with Crippen molar-refractivity contribution in [3.8, 4) is 0 Å². The molecule has 1 aromatic heterocycles. The Hall–Kier alpha value is -3.75. The number of aliphatic carboxylic acids is 2. The van der Waals surface area contributed by atoms with Crippen molar-refractivity contribution in [3.63, 3.8) is 0 Å². The molecule has 2 aliphatic heterocycles. The van der Waals surface area contributed by atoms with Gasteiger partial charge >= 0.3 is 24.3 Å². The van der Waals surface area contributed by atoms with Gasteiger partial charge in [0, 0.05) is 38.6 Å². The zero-order valence-electron chi connectivity index (χ0n) is 20.9. The summed E-state index contributed by atoms with van der Waals surface area (Å²) in [7, 11) is 0. The molecule has 2 saturated heterocycles. The van der Waals surface area contributed by atoms with Gasteiger partial charge in [0.25, 0.3) is 0 Å². The molecule has 1 atom stereocenters. The second kappa shape index (κ2) is 13.5. The van der Waals surface area contributed by atoms with Gasteiger partial charge in [-0.1, -0.05) is 18.2 Å². The van der Waals surface area contributed by atoms with Crippen molar-refractivity contribution in [1.29, 1.82) is 0 Å². The van der Waals surface area contributed by atoms with Crippen LogP contribution < -0.4 is 0 Å². The van der Waals surface area contributed by atoms with E-state index in [1.54, 1.807) is 6.20 Å². The molecule has 40 heavy (non-hydrogen) atoms. The van der Waals surface area contributed by atoms with Crippen LogP contribution in [-0.2, 0) is 27.5 Å². The summed E-state index contributed by atoms with van der Waals surface area (Å²) < 4.78 is 76.6. The Morgan fingerprint density at radius 2 is 1.45 bits per heavy atom. The smallest absolute Gasteiger partial charge is 0.475 e. The molecule has 1 aromatic carbocycles. The largest absolute Gasteiger partial charge is 0.490 e. The van der Waals surface area contributed by atoms with E-state index >= 15 is 0 Å². The number of nitrogens with zero attached hydrogens (tertiary/aromatic N) is 3. The van der Waals surface area contributed by atoms with Crippen molar-refractivity contribution in [2.24, 2.45) is 5.41 Å². The summed E-state index contributed by atoms with van der Waals surface area (Å²) in [5.74, 6) is -5.44. The van der Waals surface area contributed by atoms with E-state index in [4.69, 9.17) is 19.8 Å². The third-order valence-corrected chi connectivity index (χ3v) is 6.16. The maximum absolute atomic E-state index is 13.2. The SMILES string of the molecule is O=C(O)C(F)(F)F.O=C(O)C(F)(F)F.O=C1N(Cc2cccnc2)CCC12CCCN(Cc1ccc(F)cc1)C2. The summed E-state index contributed by atoms with van der Waals surface area (Å²) in [4.78, 5) is 39.4. The third-order valence-electron chi connectivity index (χ3n) is 6.16. The van der Waals surface area contributed by atoms with Gasteiger partial charge in [-0.3, -0.25) is 14.7 Å². The fraction of sp³-hybridized carbons (Fsp3) is 0.440. The minimum atomic E-state index is -5.08. The van der Waals surface area contributed by atoms with Gasteiger partial charge in [-0.25, -0.2) is 14.0 Å². The molecule has 3 heterocycles. The van der Waals surface area contributed by atoms with Crippen LogP contribution in [0.4, 0.5) is 30.7 Å². The number of likely N-dealkylation sites (tertiary alicyclic amines) is 2. The van der Waals surface area contributed by atoms with E-state index in [-0.39, 0.29) is 17.1 Å². The molecule has 0 saturated carbocycles. The molecule has 1 amide bonds. The molecular weight excluding hydrogens is 555 g/mol. The number of carbonyl (C=O) groups is 3. The lowest BCUT2D eigenvalue weighted by Crippen LogP contribution is -2.47. The number of carboxylic acid groups (broad SMARTS) is 2. The van der Waals surface area contributed by atoms with Crippen molar-refractivity contribution in [1.82, 2.24) is 14.8 Å². The fourth-order valence-corrected chi connectivity index (χ4v) is 4.34. The van der Waals surface area contributed by atoms with Crippen LogP contribution >= 0.6 is 0 Å². The van der Waals surface area contributed by atoms with E-state index < -0.39 is 24.3 Å². The number of benzene rings is 1. The molecule has 1 spiro atoms. The van der Waals surface area contributed by atoms with Gasteiger partial charge in [-0.15, -0.1) is 0 Å². The van der Waals surface area contributed by atoms with Crippen LogP contribution in [-0.4, -0.2) is 74.8 Å². The molecular formula is C25H26F7N3O5. The number of carboxylic acids is 2. The Balaban J connectivity index is 0.000000333. The zero-order chi connectivity index (χ0) is 30.1. The van der Waals surface area contributed by atoms with E-state index in [0.29, 0.717) is 6.54 Å². The number of hydrogen-bond donors (Lipinski definition) is 2. The van der Waals surface area contributed by atoms with Crippen molar-refractivity contribution in [3.05, 3.63) is 65.7 Å². The van der Waals surface area contributed by atoms with Gasteiger partial charge in [-0.05, 0) is 55.1 Å². The monoisotopic (exact) mass is 581 g/mol. The summed E-state index contributed by atoms with van der Waals surface area (Å²) in [5, 5.41) is 14.2. The number of rotatable bonds is 4. The lowest BCUT2D eigenvalue weighted by molar-refractivity contribution is -0.193. The highest BCUT2D eigenvalue weighted by Crippen LogP contribution is 2.41. The van der Waals surface area contributed by atoms with Crippen LogP contribution in [0.3, 0.4) is 0 Å². The summed E-state index contributed by atoms with van der Waals surface area (Å²) in [6.07, 6.45) is -3.65. The highest BCUT2D eigenvalue weighted by atomic mass is 19.4. The van der Waals surface area contributed by atoms with Gasteiger partial charge in [0.1, 0.15) is 5.82 Å². The normalized spacial score (nSPS) is 19.4. The Kier molecular flexibility index (Phi) is 11.0. The topological polar surface area (TPSA) is 111 Å². The molecule has 0 bridgehead atoms. The highest BCUT2D eigenvalue weighted by Gasteiger charge is 2.48. The predicted octanol–water partition coefficient (Wildman–Crippen LogP) is 4.50. The molecule has 2 aliphatic rings. The molecule has 8 nitrogen and oxygen atoms in total. The molecule has 0 radical (unpaired) electrons. The van der Waals surface area contributed by atoms with Crippen molar-refractivity contribution >= 4 is 17.8 Å². The molecule has 2 aromatic rings. The van der Waals surface area contributed by atoms with Crippen LogP contribution in [0.25, 0.3) is 0 Å². The van der Waals surface area contributed by atoms with Crippen LogP contribution in [0.5, 0.6) is 0 Å². The van der Waals surface area contributed by atoms with E-state index in [1.807, 2.05) is 35.4 Å². The van der Waals surface area contributed by atoms with Gasteiger partial charge in [-0.2, -0.15) is 26.3 Å². The first-order chi connectivity index (χ1) is 18.5. The number of piperidine rings is 1. The highest BCUT2D eigenvalue weighted by molar-refractivity contribution is 5.85. The molecule has 1 unspecified atom stereocenters. The first-order valence-electron chi connectivity index (χ1n) is 11.8. The lowest BCUT2D eigenvalue weighted by Gasteiger charge is -2.39. The molecule has 4 rings (SSSR count). The van der Waals surface area contributed by atoms with E-state index in [1.165, 1.54) is 12.1 Å². The number of carbonyl (C=O) groups excluding carboxylic acids is 1. The van der Waals surface area contributed by atoms with Crippen LogP contribution in [0.15, 0.2) is 48.8 Å². The number of pyridine rings is 1. The quantitative estimate of drug-likeness (QED) is 0.512. The lowest BCUT2D eigenvalue weighted by atomic mass is 9.78. The summed E-state index contributed by atoms with van der Waals surface area (Å²) >= 11 is 0. The second-order valence-electron chi connectivity index (χ2n) is 9.16. The number of halogens is 7. The summed E-state index contributed by atoms with van der Waals surface area (Å²) in [6.45, 7) is 4.03. The van der Waals surface area contributed by atoms with Crippen molar-refractivity contribution < 1.29 is 55.3 Å². The van der Waals surface area contributed by atoms with E-state index in [9.17, 15) is 35.5 Å². The number of alkyl halides is 6. The Labute approximate surface area is 224 Å². The van der Waals surface area contributed by atoms with Crippen LogP contribution in [0.2, 0.25) is 0 Å². The van der Waals surface area contributed by atoms with E-state index in [2.05, 4.69) is 9.88 Å². The van der Waals surface area contributed by atoms with Gasteiger partial charge < -0.3 is 15.1 Å². The molecule has 220 valence electrons. The van der Waals surface area contributed by atoms with Crippen LogP contribution in [0, 0.1) is 11.2 Å². The molecule has 2 fully saturated rings. The van der Waals surface area contributed by atoms with Gasteiger partial charge in [0.15, 0.2) is 0 Å². The first kappa shape index (κ1) is 32.5. The maximum Gasteiger partial charge on any atom is 0.490 e. The Bertz CT molecular complexity index is 1120. The standard InChI is InChI=1S/C21H24FN3O.2C2HF3O2/c22-19-6-4-17(5-7-19)14-24-11-2-8-21(16-24)9-12-25(20(21)26)15-18-3-1-10-23-13-18;2*3-2(4,5)1(6)7/h1,3-7,10,13H,2,8-9,11-12,14-16H2;2*(H,6,7). The van der Waals surface area contributed by atoms with E-state index in [0.717, 1.165) is 56.6 Å². The number of amides is 1. The molecule has 0 aliphatic carbocycles.